The van der Waals surface area contributed by atoms with Crippen molar-refractivity contribution in [2.24, 2.45) is 16.3 Å². The van der Waals surface area contributed by atoms with Crippen molar-refractivity contribution in [2.75, 3.05) is 0 Å². The second kappa shape index (κ2) is 6.65. The van der Waals surface area contributed by atoms with Crippen molar-refractivity contribution in [1.29, 1.82) is 0 Å². The maximum atomic E-state index is 13.1. The van der Waals surface area contributed by atoms with E-state index in [4.69, 9.17) is 11.6 Å². The highest BCUT2D eigenvalue weighted by Gasteiger charge is 2.32. The zero-order valence-corrected chi connectivity index (χ0v) is 15.4. The molecule has 0 radical (unpaired) electrons. The highest BCUT2D eigenvalue weighted by Crippen LogP contribution is 2.38. The fourth-order valence-electron chi connectivity index (χ4n) is 2.98. The van der Waals surface area contributed by atoms with Crippen LogP contribution in [0.5, 0.6) is 0 Å². The van der Waals surface area contributed by atoms with Gasteiger partial charge in [0.05, 0.1) is 16.3 Å². The fourth-order valence-corrected chi connectivity index (χ4v) is 3.23. The lowest BCUT2D eigenvalue weighted by atomic mass is 9.74. The van der Waals surface area contributed by atoms with E-state index in [0.717, 1.165) is 17.7 Å². The number of benzene rings is 1. The second-order valence-electron chi connectivity index (χ2n) is 7.24. The Hall–Kier alpha value is -2.53. The molecule has 6 heteroatoms. The lowest BCUT2D eigenvalue weighted by Gasteiger charge is -2.34. The number of halogens is 2. The molecule has 2 aliphatic rings. The third kappa shape index (κ3) is 3.68. The van der Waals surface area contributed by atoms with E-state index in [1.165, 1.54) is 6.07 Å². The van der Waals surface area contributed by atoms with Gasteiger partial charge in [0.25, 0.3) is 5.91 Å². The summed E-state index contributed by atoms with van der Waals surface area (Å²) in [7, 11) is 0. The van der Waals surface area contributed by atoms with Gasteiger partial charge in [-0.1, -0.05) is 38.4 Å². The molecular weight excluding hydrogens is 355 g/mol. The van der Waals surface area contributed by atoms with Gasteiger partial charge in [0.2, 0.25) is 5.91 Å². The van der Waals surface area contributed by atoms with Crippen molar-refractivity contribution in [3.8, 4) is 0 Å². The Balaban J connectivity index is 1.92. The van der Waals surface area contributed by atoms with Crippen molar-refractivity contribution in [1.82, 2.24) is 5.32 Å². The number of fused-ring (bicyclic) bond motifs is 1. The predicted molar refractivity (Wildman–Crippen MR) is 99.6 cm³/mol. The van der Waals surface area contributed by atoms with Gasteiger partial charge in [-0.15, -0.1) is 0 Å². The van der Waals surface area contributed by atoms with Crippen LogP contribution in [0.25, 0.3) is 0 Å². The third-order valence-corrected chi connectivity index (χ3v) is 4.56. The van der Waals surface area contributed by atoms with Crippen LogP contribution in [0, 0.1) is 17.2 Å². The lowest BCUT2D eigenvalue weighted by molar-refractivity contribution is -0.116. The summed E-state index contributed by atoms with van der Waals surface area (Å²) in [6.45, 7) is 6.14. The molecule has 0 saturated heterocycles. The molecule has 1 heterocycles. The average Bonchev–Trinajstić information content (AvgIpc) is 2.52. The maximum absolute atomic E-state index is 13.1. The summed E-state index contributed by atoms with van der Waals surface area (Å²) < 4.78 is 13.1. The third-order valence-electron chi connectivity index (χ3n) is 4.25. The van der Waals surface area contributed by atoms with E-state index in [1.54, 1.807) is 18.2 Å². The Morgan fingerprint density at radius 3 is 2.65 bits per heavy atom. The number of aliphatic imine (C=N–C) groups is 1. The first-order valence-electron chi connectivity index (χ1n) is 8.16. The van der Waals surface area contributed by atoms with E-state index in [9.17, 15) is 14.0 Å². The van der Waals surface area contributed by atoms with Crippen LogP contribution in [0.2, 0.25) is 5.02 Å². The Labute approximate surface area is 156 Å². The largest absolute Gasteiger partial charge is 0.325 e. The molecule has 0 aromatic heterocycles. The van der Waals surface area contributed by atoms with Crippen molar-refractivity contribution in [2.45, 2.75) is 20.8 Å². The van der Waals surface area contributed by atoms with Crippen LogP contribution in [0.3, 0.4) is 0 Å². The standard InChI is InChI=1S/C20H18ClFN2O2/c1-20(2,3)15-10-18(25)24-17-9-12(5-7-13(15)17)23-19(26)14-6-4-11(22)8-16(14)21/h4-10,13H,1-3H3,(H,24,25). The minimum atomic E-state index is -0.571. The number of carbonyl (C=O) groups is 2. The SMILES string of the molecule is CC(C)(C)C1=CC(=O)NC2=CC(=NC(=O)c3ccc(F)cc3Cl)C=CC21. The van der Waals surface area contributed by atoms with E-state index in [0.29, 0.717) is 11.4 Å². The van der Waals surface area contributed by atoms with Gasteiger partial charge in [-0.3, -0.25) is 9.59 Å². The number of nitrogens with one attached hydrogen (secondary N) is 1. The molecule has 134 valence electrons. The van der Waals surface area contributed by atoms with Crippen LogP contribution < -0.4 is 5.32 Å². The number of nitrogens with zero attached hydrogens (tertiary/aromatic N) is 1. The monoisotopic (exact) mass is 372 g/mol. The highest BCUT2D eigenvalue weighted by molar-refractivity contribution is 6.34. The van der Waals surface area contributed by atoms with E-state index >= 15 is 0 Å². The average molecular weight is 373 g/mol. The molecule has 1 aromatic carbocycles. The molecule has 1 aliphatic carbocycles. The van der Waals surface area contributed by atoms with Gasteiger partial charge in [-0.25, -0.2) is 9.38 Å². The predicted octanol–water partition coefficient (Wildman–Crippen LogP) is 4.23. The van der Waals surface area contributed by atoms with Crippen molar-refractivity contribution < 1.29 is 14.0 Å². The Kier molecular flexibility index (Phi) is 4.67. The fraction of sp³-hybridized carbons (Fsp3) is 0.250. The molecule has 0 spiro atoms. The Morgan fingerprint density at radius 2 is 2.00 bits per heavy atom. The number of rotatable bonds is 1. The van der Waals surface area contributed by atoms with Crippen LogP contribution >= 0.6 is 11.6 Å². The highest BCUT2D eigenvalue weighted by atomic mass is 35.5. The van der Waals surface area contributed by atoms with Crippen molar-refractivity contribution >= 4 is 29.1 Å². The maximum Gasteiger partial charge on any atom is 0.279 e. The lowest BCUT2D eigenvalue weighted by Crippen LogP contribution is -2.36. The first-order valence-corrected chi connectivity index (χ1v) is 8.54. The van der Waals surface area contributed by atoms with Crippen molar-refractivity contribution in [3.63, 3.8) is 0 Å². The van der Waals surface area contributed by atoms with Gasteiger partial charge in [-0.2, -0.15) is 0 Å². The van der Waals surface area contributed by atoms with Crippen LogP contribution in [0.4, 0.5) is 4.39 Å². The molecule has 26 heavy (non-hydrogen) atoms. The molecular formula is C20H18ClFN2O2. The van der Waals surface area contributed by atoms with E-state index in [-0.39, 0.29) is 27.8 Å². The van der Waals surface area contributed by atoms with Crippen LogP contribution in [-0.2, 0) is 4.79 Å². The number of carbonyl (C=O) groups excluding carboxylic acids is 2. The van der Waals surface area contributed by atoms with Crippen molar-refractivity contribution in [3.05, 3.63) is 70.2 Å². The molecule has 3 rings (SSSR count). The first kappa shape index (κ1) is 18.3. The summed E-state index contributed by atoms with van der Waals surface area (Å²) in [5.74, 6) is -1.34. The van der Waals surface area contributed by atoms with Crippen LogP contribution in [0.1, 0.15) is 31.1 Å². The minimum absolute atomic E-state index is 0.00795. The van der Waals surface area contributed by atoms with Gasteiger partial charge in [0, 0.05) is 17.7 Å². The first-order chi connectivity index (χ1) is 12.1. The molecule has 1 unspecified atom stereocenters. The molecule has 4 nitrogen and oxygen atoms in total. The van der Waals surface area contributed by atoms with E-state index in [2.05, 4.69) is 10.3 Å². The summed E-state index contributed by atoms with van der Waals surface area (Å²) in [5.41, 5.74) is 2.03. The Bertz CT molecular complexity index is 920. The molecule has 0 bridgehead atoms. The van der Waals surface area contributed by atoms with Crippen LogP contribution in [-0.4, -0.2) is 17.5 Å². The minimum Gasteiger partial charge on any atom is -0.325 e. The summed E-state index contributed by atoms with van der Waals surface area (Å²) in [6, 6.07) is 3.53. The van der Waals surface area contributed by atoms with Gasteiger partial charge in [-0.05, 0) is 41.3 Å². The number of amides is 2. The molecule has 1 aromatic rings. The normalized spacial score (nSPS) is 21.0. The van der Waals surface area contributed by atoms with Gasteiger partial charge < -0.3 is 5.32 Å². The summed E-state index contributed by atoms with van der Waals surface area (Å²) >= 11 is 5.91. The van der Waals surface area contributed by atoms with Gasteiger partial charge >= 0.3 is 0 Å². The summed E-state index contributed by atoms with van der Waals surface area (Å²) in [4.78, 5) is 28.4. The number of allylic oxidation sites excluding steroid dienone is 3. The van der Waals surface area contributed by atoms with E-state index < -0.39 is 11.7 Å². The zero-order valence-electron chi connectivity index (χ0n) is 14.6. The molecule has 1 aliphatic heterocycles. The topological polar surface area (TPSA) is 58.5 Å². The van der Waals surface area contributed by atoms with Crippen LogP contribution in [0.15, 0.2) is 58.8 Å². The Morgan fingerprint density at radius 1 is 1.27 bits per heavy atom. The summed E-state index contributed by atoms with van der Waals surface area (Å²) in [5, 5.41) is 2.82. The van der Waals surface area contributed by atoms with Gasteiger partial charge in [0.15, 0.2) is 0 Å². The zero-order chi connectivity index (χ0) is 19.1. The molecule has 0 fully saturated rings. The number of hydrogen-bond donors (Lipinski definition) is 1. The smallest absolute Gasteiger partial charge is 0.279 e. The number of hydrogen-bond acceptors (Lipinski definition) is 2. The molecule has 1 atom stereocenters. The second-order valence-corrected chi connectivity index (χ2v) is 7.65. The molecule has 2 amide bonds. The van der Waals surface area contributed by atoms with E-state index in [1.807, 2.05) is 26.8 Å². The summed E-state index contributed by atoms with van der Waals surface area (Å²) in [6.07, 6.45) is 6.94. The quantitative estimate of drug-likeness (QED) is 0.801. The van der Waals surface area contributed by atoms with Gasteiger partial charge in [0.1, 0.15) is 5.82 Å². The molecule has 1 N–H and O–H groups in total. The molecule has 0 saturated carbocycles.